The highest BCUT2D eigenvalue weighted by Gasteiger charge is 2.41. The Morgan fingerprint density at radius 2 is 1.69 bits per heavy atom. The number of anilines is 1. The minimum Gasteiger partial charge on any atom is -0.383 e. The third-order valence-electron chi connectivity index (χ3n) is 3.88. The quantitative estimate of drug-likeness (QED) is 0.667. The van der Waals surface area contributed by atoms with Gasteiger partial charge in [0.2, 0.25) is 0 Å². The monoisotopic (exact) mass is 374 g/mol. The van der Waals surface area contributed by atoms with Crippen LogP contribution in [0.3, 0.4) is 0 Å². The highest BCUT2D eigenvalue weighted by atomic mass is 19.4. The summed E-state index contributed by atoms with van der Waals surface area (Å²) in [5.41, 5.74) is 3.02. The molecule has 2 N–H and O–H groups in total. The second kappa shape index (κ2) is 5.89. The standard InChI is InChI=1S/C16H12F6N4/c1-2-8-5-3-4-6-10(8)26-13(23)12-9(15(17,18)19)7-11(16(20,21)22)24-14(12)25-26/h3-7H,2,23H2,1H3. The number of hydrogen-bond donors (Lipinski definition) is 1. The summed E-state index contributed by atoms with van der Waals surface area (Å²) in [5, 5.41) is 3.16. The highest BCUT2D eigenvalue weighted by Crippen LogP contribution is 2.40. The Balaban J connectivity index is 2.38. The van der Waals surface area contributed by atoms with Crippen molar-refractivity contribution in [3.63, 3.8) is 0 Å². The molecule has 0 radical (unpaired) electrons. The number of nitrogen functional groups attached to an aromatic ring is 1. The van der Waals surface area contributed by atoms with Gasteiger partial charge in [0.25, 0.3) is 0 Å². The first-order valence-electron chi connectivity index (χ1n) is 7.46. The maximum absolute atomic E-state index is 13.3. The van der Waals surface area contributed by atoms with E-state index in [0.29, 0.717) is 12.1 Å². The molecule has 0 spiro atoms. The van der Waals surface area contributed by atoms with Gasteiger partial charge in [0.15, 0.2) is 5.65 Å². The van der Waals surface area contributed by atoms with Crippen LogP contribution >= 0.6 is 0 Å². The van der Waals surface area contributed by atoms with Gasteiger partial charge in [0.1, 0.15) is 11.5 Å². The van der Waals surface area contributed by atoms with Gasteiger partial charge in [0.05, 0.1) is 16.6 Å². The second-order valence-electron chi connectivity index (χ2n) is 5.53. The largest absolute Gasteiger partial charge is 0.433 e. The van der Waals surface area contributed by atoms with Crippen molar-refractivity contribution >= 4 is 16.9 Å². The first kappa shape index (κ1) is 18.0. The van der Waals surface area contributed by atoms with Gasteiger partial charge in [-0.25, -0.2) is 9.67 Å². The molecule has 4 nitrogen and oxygen atoms in total. The van der Waals surface area contributed by atoms with Gasteiger partial charge >= 0.3 is 12.4 Å². The maximum atomic E-state index is 13.3. The van der Waals surface area contributed by atoms with Gasteiger partial charge in [-0.1, -0.05) is 25.1 Å². The smallest absolute Gasteiger partial charge is 0.383 e. The van der Waals surface area contributed by atoms with Crippen LogP contribution in [0.25, 0.3) is 16.7 Å². The van der Waals surface area contributed by atoms with Crippen LogP contribution in [0, 0.1) is 0 Å². The topological polar surface area (TPSA) is 56.7 Å². The fraction of sp³-hybridized carbons (Fsp3) is 0.250. The first-order valence-corrected chi connectivity index (χ1v) is 7.46. The van der Waals surface area contributed by atoms with Crippen molar-refractivity contribution in [3.8, 4) is 5.69 Å². The van der Waals surface area contributed by atoms with E-state index in [1.165, 1.54) is 0 Å². The highest BCUT2D eigenvalue weighted by molar-refractivity contribution is 5.91. The number of rotatable bonds is 2. The molecule has 0 saturated heterocycles. The van der Waals surface area contributed by atoms with Crippen LogP contribution in [0.5, 0.6) is 0 Å². The lowest BCUT2D eigenvalue weighted by Gasteiger charge is -2.12. The molecule has 0 aliphatic carbocycles. The summed E-state index contributed by atoms with van der Waals surface area (Å²) in [6.45, 7) is 1.82. The Hall–Kier alpha value is -2.78. The minimum atomic E-state index is -5.05. The van der Waals surface area contributed by atoms with E-state index in [4.69, 9.17) is 5.73 Å². The summed E-state index contributed by atoms with van der Waals surface area (Å²) in [6, 6.07) is 6.60. The van der Waals surface area contributed by atoms with Gasteiger partial charge in [0, 0.05) is 0 Å². The number of pyridine rings is 1. The van der Waals surface area contributed by atoms with Crippen LogP contribution in [0.15, 0.2) is 30.3 Å². The Morgan fingerprint density at radius 3 is 2.27 bits per heavy atom. The zero-order valence-electron chi connectivity index (χ0n) is 13.3. The fourth-order valence-electron chi connectivity index (χ4n) is 2.68. The van der Waals surface area contributed by atoms with Crippen molar-refractivity contribution in [2.75, 3.05) is 5.73 Å². The lowest BCUT2D eigenvalue weighted by Crippen LogP contribution is -2.13. The Bertz CT molecular complexity index is 971. The van der Waals surface area contributed by atoms with Gasteiger partial charge < -0.3 is 5.73 Å². The van der Waals surface area contributed by atoms with Crippen molar-refractivity contribution in [1.82, 2.24) is 14.8 Å². The SMILES string of the molecule is CCc1ccccc1-n1nc2nc(C(F)(F)F)cc(C(F)(F)F)c2c1N. The molecule has 0 amide bonds. The molecule has 3 rings (SSSR count). The number of aryl methyl sites for hydroxylation is 1. The number of nitrogens with zero attached hydrogens (tertiary/aromatic N) is 3. The van der Waals surface area contributed by atoms with Crippen LogP contribution in [0.4, 0.5) is 32.2 Å². The van der Waals surface area contributed by atoms with E-state index >= 15 is 0 Å². The van der Waals surface area contributed by atoms with Gasteiger partial charge in [-0.2, -0.15) is 26.3 Å². The van der Waals surface area contributed by atoms with Crippen LogP contribution in [0.2, 0.25) is 0 Å². The number of benzene rings is 1. The molecule has 0 aliphatic heterocycles. The van der Waals surface area contributed by atoms with E-state index in [1.54, 1.807) is 24.3 Å². The average molecular weight is 374 g/mol. The molecule has 0 fully saturated rings. The molecular formula is C16H12F6N4. The van der Waals surface area contributed by atoms with Gasteiger partial charge in [-0.3, -0.25) is 0 Å². The molecule has 0 bridgehead atoms. The van der Waals surface area contributed by atoms with Crippen LogP contribution in [-0.4, -0.2) is 14.8 Å². The zero-order chi connectivity index (χ0) is 19.3. The van der Waals surface area contributed by atoms with Crippen LogP contribution in [-0.2, 0) is 18.8 Å². The first-order chi connectivity index (χ1) is 12.0. The lowest BCUT2D eigenvalue weighted by molar-refractivity contribution is -0.144. The average Bonchev–Trinajstić information content (AvgIpc) is 2.89. The van der Waals surface area contributed by atoms with Crippen molar-refractivity contribution in [3.05, 3.63) is 47.2 Å². The number of halogens is 6. The molecule has 1 aromatic carbocycles. The van der Waals surface area contributed by atoms with Crippen LogP contribution in [0.1, 0.15) is 23.7 Å². The predicted octanol–water partition coefficient (Wildman–Crippen LogP) is 4.60. The fourth-order valence-corrected chi connectivity index (χ4v) is 2.68. The second-order valence-corrected chi connectivity index (χ2v) is 5.53. The normalized spacial score (nSPS) is 12.7. The predicted molar refractivity (Wildman–Crippen MR) is 82.7 cm³/mol. The summed E-state index contributed by atoms with van der Waals surface area (Å²) in [7, 11) is 0. The molecule has 0 unspecified atom stereocenters. The van der Waals surface area contributed by atoms with Crippen molar-refractivity contribution in [2.24, 2.45) is 0 Å². The minimum absolute atomic E-state index is 0.0452. The third kappa shape index (κ3) is 2.95. The number of fused-ring (bicyclic) bond motifs is 1. The van der Waals surface area contributed by atoms with E-state index < -0.39 is 40.5 Å². The van der Waals surface area contributed by atoms with Gasteiger partial charge in [-0.15, -0.1) is 5.10 Å². The van der Waals surface area contributed by atoms with Crippen molar-refractivity contribution in [2.45, 2.75) is 25.7 Å². The molecule has 10 heteroatoms. The number of alkyl halides is 6. The molecule has 0 atom stereocenters. The molecule has 0 aliphatic rings. The number of hydrogen-bond acceptors (Lipinski definition) is 3. The number of aromatic nitrogens is 3. The number of nitrogens with two attached hydrogens (primary N) is 1. The summed E-state index contributed by atoms with van der Waals surface area (Å²) < 4.78 is 79.8. The molecule has 3 aromatic rings. The van der Waals surface area contributed by atoms with E-state index in [-0.39, 0.29) is 6.07 Å². The van der Waals surface area contributed by atoms with Crippen molar-refractivity contribution in [1.29, 1.82) is 0 Å². The van der Waals surface area contributed by atoms with Gasteiger partial charge in [-0.05, 0) is 24.1 Å². The molecular weight excluding hydrogens is 362 g/mol. The zero-order valence-corrected chi connectivity index (χ0v) is 13.3. The summed E-state index contributed by atoms with van der Waals surface area (Å²) in [6.07, 6.45) is -9.57. The Labute approximate surface area is 143 Å². The summed E-state index contributed by atoms with van der Waals surface area (Å²) in [5.74, 6) is -0.422. The lowest BCUT2D eigenvalue weighted by atomic mass is 10.1. The Morgan fingerprint density at radius 1 is 1.04 bits per heavy atom. The van der Waals surface area contributed by atoms with Crippen molar-refractivity contribution < 1.29 is 26.3 Å². The molecule has 2 aromatic heterocycles. The molecule has 0 saturated carbocycles. The number of para-hydroxylation sites is 1. The van der Waals surface area contributed by atoms with E-state index in [2.05, 4.69) is 10.1 Å². The molecule has 2 heterocycles. The van der Waals surface area contributed by atoms with E-state index in [1.807, 2.05) is 6.92 Å². The van der Waals surface area contributed by atoms with E-state index in [9.17, 15) is 26.3 Å². The molecule has 26 heavy (non-hydrogen) atoms. The summed E-state index contributed by atoms with van der Waals surface area (Å²) >= 11 is 0. The third-order valence-corrected chi connectivity index (χ3v) is 3.88. The summed E-state index contributed by atoms with van der Waals surface area (Å²) in [4.78, 5) is 3.25. The van der Waals surface area contributed by atoms with Crippen LogP contribution < -0.4 is 5.73 Å². The maximum Gasteiger partial charge on any atom is 0.433 e. The Kier molecular flexibility index (Phi) is 4.08. The molecule has 138 valence electrons. The van der Waals surface area contributed by atoms with E-state index in [0.717, 1.165) is 10.2 Å².